The Morgan fingerprint density at radius 2 is 2.00 bits per heavy atom. The van der Waals surface area contributed by atoms with Crippen LogP contribution in [0.2, 0.25) is 5.02 Å². The molecule has 0 saturated carbocycles. The van der Waals surface area contributed by atoms with E-state index in [0.717, 1.165) is 24.3 Å². The van der Waals surface area contributed by atoms with Crippen LogP contribution in [0.3, 0.4) is 0 Å². The van der Waals surface area contributed by atoms with Crippen molar-refractivity contribution in [3.63, 3.8) is 0 Å². The smallest absolute Gasteiger partial charge is 0.163 e. The Hall–Kier alpha value is -1.65. The summed E-state index contributed by atoms with van der Waals surface area (Å²) >= 11 is 6.18. The standard InChI is InChI=1S/C16H20ClN3O/c1-19(2)10-11-20-15(14(17)12-18-20)8-9-16(21)13-6-4-3-5-7-13/h3-7,12H,8-11H2,1-2H3. The number of nitrogens with zero attached hydrogens (tertiary/aromatic N) is 3. The number of Topliss-reactive ketones (excluding diaryl/α,β-unsaturated/α-hetero) is 1. The van der Waals surface area contributed by atoms with E-state index in [-0.39, 0.29) is 5.78 Å². The van der Waals surface area contributed by atoms with E-state index in [4.69, 9.17) is 11.6 Å². The number of aromatic nitrogens is 2. The Labute approximate surface area is 130 Å². The first-order valence-electron chi connectivity index (χ1n) is 7.01. The third-order valence-corrected chi connectivity index (χ3v) is 3.66. The molecule has 2 rings (SSSR count). The third-order valence-electron chi connectivity index (χ3n) is 3.34. The van der Waals surface area contributed by atoms with E-state index in [0.29, 0.717) is 17.9 Å². The molecule has 1 aromatic carbocycles. The first kappa shape index (κ1) is 15.7. The number of rotatable bonds is 7. The predicted octanol–water partition coefficient (Wildman–Crippen LogP) is 2.91. The van der Waals surface area contributed by atoms with Crippen LogP contribution in [0.25, 0.3) is 0 Å². The topological polar surface area (TPSA) is 38.1 Å². The van der Waals surface area contributed by atoms with E-state index in [9.17, 15) is 4.79 Å². The first-order valence-corrected chi connectivity index (χ1v) is 7.39. The molecule has 4 nitrogen and oxygen atoms in total. The van der Waals surface area contributed by atoms with Crippen molar-refractivity contribution in [2.75, 3.05) is 20.6 Å². The molecule has 1 heterocycles. The Bertz CT molecular complexity index is 593. The van der Waals surface area contributed by atoms with Gasteiger partial charge in [-0.05, 0) is 20.5 Å². The van der Waals surface area contributed by atoms with Crippen LogP contribution in [0.5, 0.6) is 0 Å². The van der Waals surface area contributed by atoms with Crippen LogP contribution in [0.1, 0.15) is 22.5 Å². The van der Waals surface area contributed by atoms with E-state index in [1.807, 2.05) is 49.1 Å². The molecule has 0 aliphatic rings. The minimum Gasteiger partial charge on any atom is -0.308 e. The van der Waals surface area contributed by atoms with Crippen LogP contribution in [0, 0.1) is 0 Å². The molecular weight excluding hydrogens is 286 g/mol. The van der Waals surface area contributed by atoms with E-state index in [2.05, 4.69) is 10.00 Å². The van der Waals surface area contributed by atoms with Crippen molar-refractivity contribution < 1.29 is 4.79 Å². The monoisotopic (exact) mass is 305 g/mol. The molecular formula is C16H20ClN3O. The van der Waals surface area contributed by atoms with Gasteiger partial charge in [0.2, 0.25) is 0 Å². The molecule has 0 saturated heterocycles. The highest BCUT2D eigenvalue weighted by Gasteiger charge is 2.12. The maximum atomic E-state index is 12.1. The van der Waals surface area contributed by atoms with Crippen molar-refractivity contribution in [1.29, 1.82) is 0 Å². The van der Waals surface area contributed by atoms with Crippen molar-refractivity contribution in [3.05, 3.63) is 52.8 Å². The zero-order valence-electron chi connectivity index (χ0n) is 12.4. The van der Waals surface area contributed by atoms with Crippen LogP contribution >= 0.6 is 11.6 Å². The summed E-state index contributed by atoms with van der Waals surface area (Å²) in [6.07, 6.45) is 2.71. The molecule has 0 radical (unpaired) electrons. The van der Waals surface area contributed by atoms with E-state index < -0.39 is 0 Å². The Morgan fingerprint density at radius 1 is 1.29 bits per heavy atom. The van der Waals surface area contributed by atoms with Gasteiger partial charge in [0.05, 0.1) is 23.5 Å². The van der Waals surface area contributed by atoms with Gasteiger partial charge in [-0.15, -0.1) is 0 Å². The minimum absolute atomic E-state index is 0.132. The minimum atomic E-state index is 0.132. The number of benzene rings is 1. The molecule has 0 fully saturated rings. The first-order chi connectivity index (χ1) is 10.1. The number of likely N-dealkylation sites (N-methyl/N-ethyl adjacent to an activating group) is 1. The summed E-state index contributed by atoms with van der Waals surface area (Å²) < 4.78 is 1.89. The van der Waals surface area contributed by atoms with Gasteiger partial charge in [-0.3, -0.25) is 9.48 Å². The number of ketones is 1. The summed E-state index contributed by atoms with van der Waals surface area (Å²) in [6.45, 7) is 1.66. The Kier molecular flexibility index (Phi) is 5.53. The Balaban J connectivity index is 1.99. The largest absolute Gasteiger partial charge is 0.308 e. The maximum absolute atomic E-state index is 12.1. The van der Waals surface area contributed by atoms with Crippen LogP contribution in [-0.2, 0) is 13.0 Å². The second-order valence-corrected chi connectivity index (χ2v) is 5.66. The number of hydrogen-bond donors (Lipinski definition) is 0. The summed E-state index contributed by atoms with van der Waals surface area (Å²) in [7, 11) is 4.04. The lowest BCUT2D eigenvalue weighted by atomic mass is 10.1. The number of hydrogen-bond acceptors (Lipinski definition) is 3. The molecule has 0 bridgehead atoms. The lowest BCUT2D eigenvalue weighted by Gasteiger charge is -2.12. The SMILES string of the molecule is CN(C)CCn1ncc(Cl)c1CCC(=O)c1ccccc1. The van der Waals surface area contributed by atoms with E-state index >= 15 is 0 Å². The predicted molar refractivity (Wildman–Crippen MR) is 84.9 cm³/mol. The lowest BCUT2D eigenvalue weighted by Crippen LogP contribution is -2.20. The Morgan fingerprint density at radius 3 is 2.67 bits per heavy atom. The van der Waals surface area contributed by atoms with Crippen molar-refractivity contribution in [2.45, 2.75) is 19.4 Å². The van der Waals surface area contributed by atoms with E-state index in [1.54, 1.807) is 6.20 Å². The normalized spacial score (nSPS) is 11.0. The van der Waals surface area contributed by atoms with Crippen molar-refractivity contribution >= 4 is 17.4 Å². The number of halogens is 1. The van der Waals surface area contributed by atoms with Gasteiger partial charge in [0.1, 0.15) is 0 Å². The second kappa shape index (κ2) is 7.38. The van der Waals surface area contributed by atoms with Crippen LogP contribution in [0.4, 0.5) is 0 Å². The van der Waals surface area contributed by atoms with Gasteiger partial charge in [0.15, 0.2) is 5.78 Å². The molecule has 0 spiro atoms. The van der Waals surface area contributed by atoms with Gasteiger partial charge in [-0.1, -0.05) is 41.9 Å². The fraction of sp³-hybridized carbons (Fsp3) is 0.375. The van der Waals surface area contributed by atoms with Gasteiger partial charge in [0, 0.05) is 18.5 Å². The highest BCUT2D eigenvalue weighted by atomic mass is 35.5. The average Bonchev–Trinajstić information content (AvgIpc) is 2.84. The fourth-order valence-corrected chi connectivity index (χ4v) is 2.36. The molecule has 5 heteroatoms. The summed E-state index contributed by atoms with van der Waals surface area (Å²) in [4.78, 5) is 14.2. The van der Waals surface area contributed by atoms with Gasteiger partial charge in [-0.2, -0.15) is 5.10 Å². The zero-order chi connectivity index (χ0) is 15.2. The fourth-order valence-electron chi connectivity index (χ4n) is 2.12. The summed E-state index contributed by atoms with van der Waals surface area (Å²) in [6, 6.07) is 9.34. The van der Waals surface area contributed by atoms with E-state index in [1.165, 1.54) is 0 Å². The highest BCUT2D eigenvalue weighted by Crippen LogP contribution is 2.18. The molecule has 0 aliphatic carbocycles. The molecule has 1 aromatic heterocycles. The second-order valence-electron chi connectivity index (χ2n) is 5.25. The molecule has 2 aromatic rings. The molecule has 0 atom stereocenters. The highest BCUT2D eigenvalue weighted by molar-refractivity contribution is 6.31. The third kappa shape index (κ3) is 4.41. The van der Waals surface area contributed by atoms with Crippen LogP contribution < -0.4 is 0 Å². The summed E-state index contributed by atoms with van der Waals surface area (Å²) in [5.41, 5.74) is 1.68. The number of carbonyl (C=O) groups excluding carboxylic acids is 1. The van der Waals surface area contributed by atoms with Crippen LogP contribution in [-0.4, -0.2) is 41.1 Å². The molecule has 0 amide bonds. The van der Waals surface area contributed by atoms with Gasteiger partial charge in [0.25, 0.3) is 0 Å². The number of carbonyl (C=O) groups is 1. The zero-order valence-corrected chi connectivity index (χ0v) is 13.2. The molecule has 0 N–H and O–H groups in total. The van der Waals surface area contributed by atoms with Gasteiger partial charge in [-0.25, -0.2) is 0 Å². The van der Waals surface area contributed by atoms with Gasteiger partial charge < -0.3 is 4.90 Å². The average molecular weight is 306 g/mol. The van der Waals surface area contributed by atoms with Gasteiger partial charge >= 0.3 is 0 Å². The van der Waals surface area contributed by atoms with Crippen LogP contribution in [0.15, 0.2) is 36.5 Å². The molecule has 0 aliphatic heterocycles. The van der Waals surface area contributed by atoms with Crippen molar-refractivity contribution in [1.82, 2.24) is 14.7 Å². The van der Waals surface area contributed by atoms with Crippen molar-refractivity contribution in [3.8, 4) is 0 Å². The van der Waals surface area contributed by atoms with Crippen molar-refractivity contribution in [2.24, 2.45) is 0 Å². The molecule has 21 heavy (non-hydrogen) atoms. The lowest BCUT2D eigenvalue weighted by molar-refractivity contribution is 0.0982. The summed E-state index contributed by atoms with van der Waals surface area (Å²) in [5.74, 6) is 0.132. The molecule has 112 valence electrons. The maximum Gasteiger partial charge on any atom is 0.163 e. The molecule has 0 unspecified atom stereocenters. The summed E-state index contributed by atoms with van der Waals surface area (Å²) in [5, 5.41) is 4.92. The quantitative estimate of drug-likeness (QED) is 0.738.